The molecule has 4 rings (SSSR count). The molecule has 112 valence electrons. The molecular formula is C17H12N4O2. The van der Waals surface area contributed by atoms with Crippen molar-refractivity contribution >= 4 is 33.3 Å². The fourth-order valence-corrected chi connectivity index (χ4v) is 2.61. The number of phenols is 1. The Bertz CT molecular complexity index is 1040. The first-order valence-corrected chi connectivity index (χ1v) is 7.04. The molecule has 0 aliphatic rings. The van der Waals surface area contributed by atoms with E-state index in [-0.39, 0.29) is 17.4 Å². The van der Waals surface area contributed by atoms with Crippen LogP contribution in [0.1, 0.15) is 10.5 Å². The average Bonchev–Trinajstić information content (AvgIpc) is 3.00. The summed E-state index contributed by atoms with van der Waals surface area (Å²) in [6.07, 6.45) is 3.23. The van der Waals surface area contributed by atoms with Crippen molar-refractivity contribution in [3.63, 3.8) is 0 Å². The van der Waals surface area contributed by atoms with E-state index in [4.69, 9.17) is 0 Å². The van der Waals surface area contributed by atoms with E-state index in [1.54, 1.807) is 48.8 Å². The van der Waals surface area contributed by atoms with Crippen LogP contribution in [0.3, 0.4) is 0 Å². The Balaban J connectivity index is 1.76. The van der Waals surface area contributed by atoms with Gasteiger partial charge in [0.15, 0.2) is 5.69 Å². The number of aromatic hydroxyl groups is 1. The van der Waals surface area contributed by atoms with Crippen molar-refractivity contribution in [3.8, 4) is 5.75 Å². The summed E-state index contributed by atoms with van der Waals surface area (Å²) in [6, 6.07) is 12.3. The van der Waals surface area contributed by atoms with Gasteiger partial charge in [-0.25, -0.2) is 0 Å². The third-order valence-electron chi connectivity index (χ3n) is 3.73. The van der Waals surface area contributed by atoms with Gasteiger partial charge in [0.2, 0.25) is 0 Å². The van der Waals surface area contributed by atoms with Crippen LogP contribution in [0.2, 0.25) is 0 Å². The standard InChI is InChI=1S/C17H12N4O2/c22-15-6-2-3-10-11(15)4-1-5-13(10)19-17(23)16-12-9-18-8-7-14(12)20-21-16/h1-9,22H,(H,19,23)(H,20,21). The number of nitrogens with one attached hydrogen (secondary N) is 2. The number of carbonyl (C=O) groups excluding carboxylic acids is 1. The van der Waals surface area contributed by atoms with Crippen molar-refractivity contribution in [2.75, 3.05) is 5.32 Å². The molecule has 2 aromatic heterocycles. The van der Waals surface area contributed by atoms with Crippen molar-refractivity contribution in [3.05, 3.63) is 60.6 Å². The van der Waals surface area contributed by atoms with Gasteiger partial charge >= 0.3 is 0 Å². The number of nitrogens with zero attached hydrogens (tertiary/aromatic N) is 2. The molecule has 6 nitrogen and oxygen atoms in total. The second-order valence-corrected chi connectivity index (χ2v) is 5.13. The summed E-state index contributed by atoms with van der Waals surface area (Å²) in [5.41, 5.74) is 1.65. The Labute approximate surface area is 130 Å². The molecule has 2 heterocycles. The SMILES string of the molecule is O=C(Nc1cccc2c(O)cccc12)c1n[nH]c2ccncc12. The van der Waals surface area contributed by atoms with E-state index in [9.17, 15) is 9.90 Å². The summed E-state index contributed by atoms with van der Waals surface area (Å²) in [7, 11) is 0. The lowest BCUT2D eigenvalue weighted by atomic mass is 10.1. The molecule has 6 heteroatoms. The van der Waals surface area contributed by atoms with Crippen molar-refractivity contribution in [1.82, 2.24) is 15.2 Å². The molecule has 4 aromatic rings. The second-order valence-electron chi connectivity index (χ2n) is 5.13. The number of aromatic amines is 1. The lowest BCUT2D eigenvalue weighted by molar-refractivity contribution is 0.102. The zero-order valence-corrected chi connectivity index (χ0v) is 11.9. The number of anilines is 1. The van der Waals surface area contributed by atoms with E-state index in [1.807, 2.05) is 6.07 Å². The third kappa shape index (κ3) is 2.17. The van der Waals surface area contributed by atoms with Crippen LogP contribution in [-0.4, -0.2) is 26.2 Å². The summed E-state index contributed by atoms with van der Waals surface area (Å²) < 4.78 is 0. The van der Waals surface area contributed by atoms with Crippen molar-refractivity contribution in [2.45, 2.75) is 0 Å². The summed E-state index contributed by atoms with van der Waals surface area (Å²) in [5.74, 6) is -0.159. The van der Waals surface area contributed by atoms with Gasteiger partial charge in [-0.15, -0.1) is 0 Å². The highest BCUT2D eigenvalue weighted by Gasteiger charge is 2.15. The summed E-state index contributed by atoms with van der Waals surface area (Å²) >= 11 is 0. The lowest BCUT2D eigenvalue weighted by Crippen LogP contribution is -2.13. The van der Waals surface area contributed by atoms with Crippen molar-refractivity contribution < 1.29 is 9.90 Å². The largest absolute Gasteiger partial charge is 0.507 e. The van der Waals surface area contributed by atoms with Gasteiger partial charge in [0.1, 0.15) is 5.75 Å². The molecule has 0 radical (unpaired) electrons. The molecular weight excluding hydrogens is 292 g/mol. The zero-order valence-electron chi connectivity index (χ0n) is 11.9. The van der Waals surface area contributed by atoms with Gasteiger partial charge in [0.25, 0.3) is 5.91 Å². The first-order valence-electron chi connectivity index (χ1n) is 7.04. The van der Waals surface area contributed by atoms with Crippen LogP contribution < -0.4 is 5.32 Å². The van der Waals surface area contributed by atoms with Gasteiger partial charge in [0, 0.05) is 28.9 Å². The minimum atomic E-state index is -0.333. The highest BCUT2D eigenvalue weighted by atomic mass is 16.3. The molecule has 0 saturated heterocycles. The first kappa shape index (κ1) is 13.3. The summed E-state index contributed by atoms with van der Waals surface area (Å²) in [6.45, 7) is 0. The number of carbonyl (C=O) groups is 1. The van der Waals surface area contributed by atoms with Gasteiger partial charge in [-0.1, -0.05) is 24.3 Å². The number of pyridine rings is 1. The van der Waals surface area contributed by atoms with Crippen LogP contribution in [0.5, 0.6) is 5.75 Å². The molecule has 0 atom stereocenters. The summed E-state index contributed by atoms with van der Waals surface area (Å²) in [5, 5.41) is 21.7. The van der Waals surface area contributed by atoms with Crippen LogP contribution in [0.25, 0.3) is 21.7 Å². The minimum Gasteiger partial charge on any atom is -0.507 e. The number of aromatic nitrogens is 3. The number of H-pyrrole nitrogens is 1. The number of phenolic OH excluding ortho intramolecular Hbond substituents is 1. The van der Waals surface area contributed by atoms with E-state index < -0.39 is 0 Å². The maximum Gasteiger partial charge on any atom is 0.276 e. The molecule has 3 N–H and O–H groups in total. The Morgan fingerprint density at radius 2 is 1.87 bits per heavy atom. The first-order chi connectivity index (χ1) is 11.2. The molecule has 0 unspecified atom stereocenters. The number of fused-ring (bicyclic) bond motifs is 2. The number of rotatable bonds is 2. The lowest BCUT2D eigenvalue weighted by Gasteiger charge is -2.08. The molecule has 0 spiro atoms. The quantitative estimate of drug-likeness (QED) is 0.531. The van der Waals surface area contributed by atoms with Crippen LogP contribution >= 0.6 is 0 Å². The predicted octanol–water partition coefficient (Wildman–Crippen LogP) is 3.07. The Morgan fingerprint density at radius 3 is 2.78 bits per heavy atom. The van der Waals surface area contributed by atoms with E-state index >= 15 is 0 Å². The number of benzene rings is 2. The van der Waals surface area contributed by atoms with Crippen LogP contribution in [0.15, 0.2) is 54.9 Å². The monoisotopic (exact) mass is 304 g/mol. The topological polar surface area (TPSA) is 90.9 Å². The Kier molecular flexibility index (Phi) is 2.94. The minimum absolute atomic E-state index is 0.174. The molecule has 2 aromatic carbocycles. The van der Waals surface area contributed by atoms with E-state index in [0.29, 0.717) is 16.5 Å². The van der Waals surface area contributed by atoms with Crippen molar-refractivity contribution in [2.24, 2.45) is 0 Å². The molecule has 23 heavy (non-hydrogen) atoms. The van der Waals surface area contributed by atoms with E-state index in [2.05, 4.69) is 20.5 Å². The number of amides is 1. The average molecular weight is 304 g/mol. The molecule has 1 amide bonds. The maximum absolute atomic E-state index is 12.5. The van der Waals surface area contributed by atoms with Crippen molar-refractivity contribution in [1.29, 1.82) is 0 Å². The van der Waals surface area contributed by atoms with E-state index in [0.717, 1.165) is 10.9 Å². The van der Waals surface area contributed by atoms with Crippen LogP contribution in [-0.2, 0) is 0 Å². The van der Waals surface area contributed by atoms with E-state index in [1.165, 1.54) is 0 Å². The Morgan fingerprint density at radius 1 is 1.04 bits per heavy atom. The van der Waals surface area contributed by atoms with Gasteiger partial charge in [-0.2, -0.15) is 5.10 Å². The molecule has 0 aliphatic heterocycles. The number of hydrogen-bond donors (Lipinski definition) is 3. The van der Waals surface area contributed by atoms with Gasteiger partial charge in [-0.05, 0) is 18.2 Å². The summed E-state index contributed by atoms with van der Waals surface area (Å²) in [4.78, 5) is 16.6. The third-order valence-corrected chi connectivity index (χ3v) is 3.73. The van der Waals surface area contributed by atoms with Gasteiger partial charge in [0.05, 0.1) is 10.9 Å². The fourth-order valence-electron chi connectivity index (χ4n) is 2.61. The van der Waals surface area contributed by atoms with Gasteiger partial charge < -0.3 is 10.4 Å². The molecule has 0 fully saturated rings. The highest BCUT2D eigenvalue weighted by molar-refractivity contribution is 6.14. The maximum atomic E-state index is 12.5. The highest BCUT2D eigenvalue weighted by Crippen LogP contribution is 2.30. The molecule has 0 bridgehead atoms. The molecule has 0 aliphatic carbocycles. The second kappa shape index (κ2) is 5.10. The van der Waals surface area contributed by atoms with Crippen LogP contribution in [0, 0.1) is 0 Å². The molecule has 0 saturated carbocycles. The zero-order chi connectivity index (χ0) is 15.8. The van der Waals surface area contributed by atoms with Gasteiger partial charge in [-0.3, -0.25) is 14.9 Å². The predicted molar refractivity (Wildman–Crippen MR) is 87.5 cm³/mol. The normalized spacial score (nSPS) is 11.0. The fraction of sp³-hybridized carbons (Fsp3) is 0. The Hall–Kier alpha value is -3.41. The number of hydrogen-bond acceptors (Lipinski definition) is 4. The van der Waals surface area contributed by atoms with Crippen LogP contribution in [0.4, 0.5) is 5.69 Å². The smallest absolute Gasteiger partial charge is 0.276 e.